The van der Waals surface area contributed by atoms with Gasteiger partial charge in [-0.05, 0) is 134 Å². The van der Waals surface area contributed by atoms with Crippen LogP contribution in [0, 0.1) is 23.0 Å². The maximum absolute atomic E-state index is 14.8. The fourth-order valence-corrected chi connectivity index (χ4v) is 12.4. The molecule has 7 aromatic carbocycles. The summed E-state index contributed by atoms with van der Waals surface area (Å²) < 4.78 is 44.3. The molecule has 1 N–H and O–H groups in total. The van der Waals surface area contributed by atoms with Crippen molar-refractivity contribution in [1.82, 2.24) is 23.9 Å². The van der Waals surface area contributed by atoms with Gasteiger partial charge in [0, 0.05) is 50.9 Å². The predicted molar refractivity (Wildman–Crippen MR) is 318 cm³/mol. The van der Waals surface area contributed by atoms with Gasteiger partial charge >= 0.3 is 0 Å². The van der Waals surface area contributed by atoms with Gasteiger partial charge in [0.05, 0.1) is 44.2 Å². The lowest BCUT2D eigenvalue weighted by atomic mass is 9.79. The smallest absolute Gasteiger partial charge is 0.174 e. The van der Waals surface area contributed by atoms with E-state index in [1.54, 1.807) is 18.3 Å². The van der Waals surface area contributed by atoms with Gasteiger partial charge < -0.3 is 9.52 Å². The van der Waals surface area contributed by atoms with Crippen LogP contribution in [0.4, 0.5) is 8.78 Å². The summed E-state index contributed by atoms with van der Waals surface area (Å²) >= 11 is 1.37. The van der Waals surface area contributed by atoms with E-state index >= 15 is 0 Å². The first-order valence-corrected chi connectivity index (χ1v) is 30.5. The molecule has 4 heterocycles. The molecule has 0 amide bonds. The highest BCUT2D eigenvalue weighted by atomic mass is 32.1. The average Bonchev–Trinajstić information content (AvgIpc) is 4.35. The first-order valence-electron chi connectivity index (χ1n) is 26.2. The number of furan rings is 1. The Kier molecular flexibility index (Phi) is 12.5. The number of nitrogens with zero attached hydrogens (tertiary/aromatic N) is 6. The minimum Gasteiger partial charge on any atom is -0.507 e. The highest BCUT2D eigenvalue weighted by Crippen LogP contribution is 2.48. The minimum atomic E-state index is -1.81. The lowest BCUT2D eigenvalue weighted by Gasteiger charge is -2.28. The van der Waals surface area contributed by atoms with Gasteiger partial charge in [0.1, 0.15) is 42.4 Å². The Labute approximate surface area is 458 Å². The Hall–Kier alpha value is -8.11. The number of phenolic OH excluding ortho intramolecular Hbond substituents is 1. The van der Waals surface area contributed by atoms with Crippen LogP contribution in [-0.2, 0) is 16.2 Å². The number of fused-ring (bicyclic) bond motifs is 4. The third-order valence-corrected chi connectivity index (χ3v) is 18.6. The number of aromatic hydroxyl groups is 1. The van der Waals surface area contributed by atoms with E-state index in [4.69, 9.17) is 23.7 Å². The van der Waals surface area contributed by atoms with Crippen molar-refractivity contribution in [2.24, 2.45) is 0 Å². The van der Waals surface area contributed by atoms with Crippen molar-refractivity contribution in [3.8, 4) is 84.9 Å². The van der Waals surface area contributed by atoms with E-state index in [1.165, 1.54) is 29.2 Å². The molecule has 0 aliphatic heterocycles. The molecular formula is C66H60F2N6O2SSi. The summed E-state index contributed by atoms with van der Waals surface area (Å²) in [5.74, 6) is -0.179. The summed E-state index contributed by atoms with van der Waals surface area (Å²) in [6.45, 7) is 26.2. The van der Waals surface area contributed by atoms with Gasteiger partial charge in [-0.2, -0.15) is 9.64 Å². The van der Waals surface area contributed by atoms with Gasteiger partial charge in [-0.3, -0.25) is 9.55 Å². The maximum atomic E-state index is 14.8. The van der Waals surface area contributed by atoms with Crippen LogP contribution in [0.3, 0.4) is 0 Å². The van der Waals surface area contributed by atoms with Gasteiger partial charge in [0.15, 0.2) is 5.82 Å². The van der Waals surface area contributed by atoms with Crippen LogP contribution >= 0.6 is 11.5 Å². The second-order valence-electron chi connectivity index (χ2n) is 24.5. The summed E-state index contributed by atoms with van der Waals surface area (Å²) in [5, 5.41) is 24.9. The van der Waals surface area contributed by atoms with Gasteiger partial charge in [0.25, 0.3) is 0 Å². The monoisotopic (exact) mass is 1070 g/mol. The van der Waals surface area contributed by atoms with E-state index in [0.717, 1.165) is 55.3 Å². The van der Waals surface area contributed by atoms with E-state index in [-0.39, 0.29) is 16.6 Å². The molecule has 0 saturated heterocycles. The zero-order valence-electron chi connectivity index (χ0n) is 46.0. The number of hydrogen-bond acceptors (Lipinski definition) is 8. The van der Waals surface area contributed by atoms with Crippen LogP contribution in [0.5, 0.6) is 5.75 Å². The number of pyridine rings is 1. The highest BCUT2D eigenvalue weighted by molar-refractivity contribution is 7.22. The molecule has 0 unspecified atom stereocenters. The van der Waals surface area contributed by atoms with Crippen molar-refractivity contribution >= 4 is 57.2 Å². The zero-order chi connectivity index (χ0) is 55.4. The fourth-order valence-electron chi connectivity index (χ4n) is 10.3. The van der Waals surface area contributed by atoms with E-state index in [2.05, 4.69) is 159 Å². The van der Waals surface area contributed by atoms with Crippen molar-refractivity contribution in [2.75, 3.05) is 0 Å². The van der Waals surface area contributed by atoms with Crippen molar-refractivity contribution in [3.63, 3.8) is 0 Å². The molecule has 390 valence electrons. The molecule has 8 nitrogen and oxygen atoms in total. The summed E-state index contributed by atoms with van der Waals surface area (Å²) in [6, 6.07) is 44.6. The largest absolute Gasteiger partial charge is 0.507 e. The molecule has 0 bridgehead atoms. The second-order valence-corrected chi connectivity index (χ2v) is 30.6. The molecular weight excluding hydrogens is 1010 g/mol. The fraction of sp³-hybridized carbons (Fsp3) is 0.227. The molecule has 0 aliphatic rings. The molecule has 78 heavy (non-hydrogen) atoms. The van der Waals surface area contributed by atoms with Crippen LogP contribution in [0.1, 0.15) is 84.6 Å². The normalized spacial score (nSPS) is 12.5. The molecule has 0 atom stereocenters. The number of benzene rings is 7. The number of hydrogen-bond donors (Lipinski definition) is 1. The first-order chi connectivity index (χ1) is 36.8. The highest BCUT2D eigenvalue weighted by Gasteiger charge is 2.31. The Bertz CT molecular complexity index is 4230. The maximum Gasteiger partial charge on any atom is 0.174 e. The van der Waals surface area contributed by atoms with E-state index in [9.17, 15) is 19.1 Å². The van der Waals surface area contributed by atoms with E-state index in [1.807, 2.05) is 36.4 Å². The summed E-state index contributed by atoms with van der Waals surface area (Å²) in [7, 11) is -1.81. The topological polar surface area (TPSA) is 114 Å². The molecule has 11 aromatic rings. The Morgan fingerprint density at radius 3 is 2.00 bits per heavy atom. The van der Waals surface area contributed by atoms with Gasteiger partial charge in [-0.1, -0.05) is 137 Å². The number of halogens is 2. The Morgan fingerprint density at radius 1 is 0.615 bits per heavy atom. The quantitative estimate of drug-likeness (QED) is 0.151. The van der Waals surface area contributed by atoms with Crippen LogP contribution < -0.4 is 4.63 Å². The summed E-state index contributed by atoms with van der Waals surface area (Å²) in [4.78, 5) is 15.5. The number of imidazole rings is 1. The number of nitriles is 1. The van der Waals surface area contributed by atoms with Crippen LogP contribution in [-0.4, -0.2) is 37.1 Å². The van der Waals surface area contributed by atoms with Gasteiger partial charge in [-0.25, -0.2) is 18.7 Å². The third kappa shape index (κ3) is 9.39. The standard InChI is InChI=1S/C66H60F2N6O2SSi/c1-64(2,3)42-21-22-55(47(31-42)37-17-14-13-15-18-37)74-56-20-16-19-46(58(56)71-62(74)52-32-43(65(4,5)6)33-53(59(52)75)66(7,8)9)40-27-50-49-29-41(36-69)48(61-72-63(77-73-61)78(10,11)12)35-57(49)76-60(50)51(28-40)54-30-38(23-24-70-54)39-25-44(67)34-45(68)26-39/h13-35,75H,1-12H3. The van der Waals surface area contributed by atoms with Crippen molar-refractivity contribution in [1.29, 1.82) is 5.26 Å². The molecule has 4 aromatic heterocycles. The first kappa shape index (κ1) is 52.0. The number of aromatic nitrogens is 5. The predicted octanol–water partition coefficient (Wildman–Crippen LogP) is 17.5. The molecule has 0 saturated carbocycles. The number of phenols is 1. The van der Waals surface area contributed by atoms with Crippen LogP contribution in [0.25, 0.3) is 106 Å². The summed E-state index contributed by atoms with van der Waals surface area (Å²) in [5.41, 5.74) is 12.8. The SMILES string of the molecule is CC(C)(C)c1ccc(-n2c(-c3cc(C(C)(C)C)cc(C(C)(C)C)c3O)nc3c(-c4cc(-c5cc(-c6cc(F)cc(F)c6)ccn5)c5oc6cc(-c7nsc([Si](C)(C)C)n7)c(C#N)cc6c5c4)cccc32)c(-c2ccccc2)c1. The van der Waals surface area contributed by atoms with E-state index < -0.39 is 25.1 Å². The molecule has 12 heteroatoms. The van der Waals surface area contributed by atoms with Crippen molar-refractivity contribution in [3.05, 3.63) is 174 Å². The molecule has 0 aliphatic carbocycles. The Morgan fingerprint density at radius 2 is 1.33 bits per heavy atom. The molecule has 11 rings (SSSR count). The lowest BCUT2D eigenvalue weighted by molar-refractivity contribution is 0.446. The molecule has 0 spiro atoms. The van der Waals surface area contributed by atoms with Crippen molar-refractivity contribution in [2.45, 2.75) is 98.2 Å². The van der Waals surface area contributed by atoms with E-state index in [0.29, 0.717) is 78.2 Å². The van der Waals surface area contributed by atoms with Gasteiger partial charge in [-0.15, -0.1) is 0 Å². The number of rotatable bonds is 8. The third-order valence-electron chi connectivity index (χ3n) is 14.6. The summed E-state index contributed by atoms with van der Waals surface area (Å²) in [6.07, 6.45) is 1.62. The second kappa shape index (κ2) is 18.8. The van der Waals surface area contributed by atoms with Gasteiger partial charge in [0.2, 0.25) is 0 Å². The Balaban J connectivity index is 1.24. The number of para-hydroxylation sites is 1. The molecule has 0 fully saturated rings. The van der Waals surface area contributed by atoms with Crippen molar-refractivity contribution < 1.29 is 18.3 Å². The zero-order valence-corrected chi connectivity index (χ0v) is 47.8. The average molecular weight is 1070 g/mol. The lowest BCUT2D eigenvalue weighted by Crippen LogP contribution is -2.37. The minimum absolute atomic E-state index is 0.157. The van der Waals surface area contributed by atoms with Crippen LogP contribution in [0.15, 0.2) is 144 Å². The van der Waals surface area contributed by atoms with Crippen LogP contribution in [0.2, 0.25) is 19.6 Å². The molecule has 0 radical (unpaired) electrons.